The van der Waals surface area contributed by atoms with E-state index in [1.807, 2.05) is 25.1 Å². The highest BCUT2D eigenvalue weighted by Gasteiger charge is 2.15. The SMILES string of the molecule is Cc1cc(CSc2ccccc2C(=O)OCC(=O)NCCc2ccc(C(C)C)cc2)on1. The van der Waals surface area contributed by atoms with Gasteiger partial charge in [0.2, 0.25) is 0 Å². The minimum atomic E-state index is -0.527. The predicted octanol–water partition coefficient (Wildman–Crippen LogP) is 4.91. The van der Waals surface area contributed by atoms with Gasteiger partial charge in [0, 0.05) is 17.5 Å². The lowest BCUT2D eigenvalue weighted by molar-refractivity contribution is -0.124. The zero-order valence-electron chi connectivity index (χ0n) is 18.6. The van der Waals surface area contributed by atoms with Gasteiger partial charge in [0.05, 0.1) is 17.0 Å². The number of ether oxygens (including phenoxy) is 1. The first kappa shape index (κ1) is 23.6. The Morgan fingerprint density at radius 2 is 1.88 bits per heavy atom. The molecule has 0 radical (unpaired) electrons. The number of aryl methyl sites for hydroxylation is 1. The Hall–Kier alpha value is -3.06. The average Bonchev–Trinajstić information content (AvgIpc) is 3.21. The van der Waals surface area contributed by atoms with E-state index in [4.69, 9.17) is 9.26 Å². The van der Waals surface area contributed by atoms with Gasteiger partial charge >= 0.3 is 5.97 Å². The zero-order chi connectivity index (χ0) is 22.9. The molecule has 0 atom stereocenters. The molecular formula is C25H28N2O4S. The molecule has 0 aliphatic heterocycles. The van der Waals surface area contributed by atoms with E-state index in [1.165, 1.54) is 17.3 Å². The van der Waals surface area contributed by atoms with Crippen molar-refractivity contribution in [2.45, 2.75) is 43.8 Å². The quantitative estimate of drug-likeness (QED) is 0.348. The summed E-state index contributed by atoms with van der Waals surface area (Å²) in [5.74, 6) is 0.923. The molecule has 0 saturated heterocycles. The lowest BCUT2D eigenvalue weighted by Gasteiger charge is -2.10. The molecule has 3 aromatic rings. The van der Waals surface area contributed by atoms with Crippen molar-refractivity contribution in [1.82, 2.24) is 10.5 Å². The first-order valence-corrected chi connectivity index (χ1v) is 11.6. The number of thioether (sulfide) groups is 1. The zero-order valence-corrected chi connectivity index (χ0v) is 19.4. The molecule has 7 heteroatoms. The number of aromatic nitrogens is 1. The molecule has 0 spiro atoms. The fourth-order valence-electron chi connectivity index (χ4n) is 3.07. The van der Waals surface area contributed by atoms with Crippen molar-refractivity contribution in [3.8, 4) is 0 Å². The van der Waals surface area contributed by atoms with Crippen molar-refractivity contribution >= 4 is 23.6 Å². The van der Waals surface area contributed by atoms with Crippen LogP contribution >= 0.6 is 11.8 Å². The Morgan fingerprint density at radius 1 is 1.12 bits per heavy atom. The number of carbonyl (C=O) groups excluding carboxylic acids is 2. The van der Waals surface area contributed by atoms with E-state index in [2.05, 4.69) is 48.6 Å². The van der Waals surface area contributed by atoms with Crippen LogP contribution in [-0.4, -0.2) is 30.2 Å². The van der Waals surface area contributed by atoms with E-state index >= 15 is 0 Å². The number of hydrogen-bond donors (Lipinski definition) is 1. The first-order chi connectivity index (χ1) is 15.4. The second kappa shape index (κ2) is 11.5. The van der Waals surface area contributed by atoms with E-state index < -0.39 is 5.97 Å². The molecule has 0 saturated carbocycles. The topological polar surface area (TPSA) is 81.4 Å². The minimum Gasteiger partial charge on any atom is -0.452 e. The lowest BCUT2D eigenvalue weighted by atomic mass is 10.0. The van der Waals surface area contributed by atoms with Crippen LogP contribution in [0.4, 0.5) is 0 Å². The summed E-state index contributed by atoms with van der Waals surface area (Å²) in [4.78, 5) is 25.4. The number of nitrogens with one attached hydrogen (secondary N) is 1. The van der Waals surface area contributed by atoms with E-state index in [-0.39, 0.29) is 12.5 Å². The monoisotopic (exact) mass is 452 g/mol. The Kier molecular flexibility index (Phi) is 8.50. The summed E-state index contributed by atoms with van der Waals surface area (Å²) in [6.45, 7) is 6.35. The van der Waals surface area contributed by atoms with Crippen molar-refractivity contribution in [3.05, 3.63) is 82.7 Å². The Bertz CT molecular complexity index is 1040. The largest absolute Gasteiger partial charge is 0.452 e. The summed E-state index contributed by atoms with van der Waals surface area (Å²) < 4.78 is 10.4. The maximum absolute atomic E-state index is 12.5. The van der Waals surface area contributed by atoms with Gasteiger partial charge in [0.25, 0.3) is 5.91 Å². The number of nitrogens with zero attached hydrogens (tertiary/aromatic N) is 1. The third kappa shape index (κ3) is 6.99. The van der Waals surface area contributed by atoms with Crippen LogP contribution in [-0.2, 0) is 21.7 Å². The number of hydrogen-bond acceptors (Lipinski definition) is 6. The molecule has 0 unspecified atom stereocenters. The normalized spacial score (nSPS) is 10.9. The maximum atomic E-state index is 12.5. The standard InChI is InChI=1S/C25H28N2O4S/c1-17(2)20-10-8-19(9-11-20)12-13-26-24(28)15-30-25(29)22-6-4-5-7-23(22)32-16-21-14-18(3)27-31-21/h4-11,14,17H,12-13,15-16H2,1-3H3,(H,26,28). The van der Waals surface area contributed by atoms with E-state index in [0.29, 0.717) is 23.8 Å². The lowest BCUT2D eigenvalue weighted by Crippen LogP contribution is -2.30. The van der Waals surface area contributed by atoms with Crippen LogP contribution in [0.2, 0.25) is 0 Å². The molecule has 6 nitrogen and oxygen atoms in total. The molecule has 32 heavy (non-hydrogen) atoms. The third-order valence-corrected chi connectivity index (χ3v) is 5.97. The second-order valence-corrected chi connectivity index (χ2v) is 8.81. The van der Waals surface area contributed by atoms with Gasteiger partial charge in [-0.2, -0.15) is 0 Å². The van der Waals surface area contributed by atoms with E-state index in [9.17, 15) is 9.59 Å². The van der Waals surface area contributed by atoms with Crippen LogP contribution in [0.15, 0.2) is 64.0 Å². The van der Waals surface area contributed by atoms with Crippen LogP contribution in [0.1, 0.15) is 52.7 Å². The van der Waals surface area contributed by atoms with Gasteiger partial charge in [-0.05, 0) is 42.5 Å². The van der Waals surface area contributed by atoms with E-state index in [0.717, 1.165) is 28.3 Å². The number of rotatable bonds is 10. The smallest absolute Gasteiger partial charge is 0.339 e. The van der Waals surface area contributed by atoms with Crippen LogP contribution in [0, 0.1) is 6.92 Å². The van der Waals surface area contributed by atoms with Crippen molar-refractivity contribution in [2.75, 3.05) is 13.2 Å². The molecule has 1 amide bonds. The molecule has 2 aromatic carbocycles. The molecule has 1 N–H and O–H groups in total. The van der Waals surface area contributed by atoms with Crippen LogP contribution in [0.25, 0.3) is 0 Å². The van der Waals surface area contributed by atoms with Crippen LogP contribution in [0.3, 0.4) is 0 Å². The summed E-state index contributed by atoms with van der Waals surface area (Å²) in [7, 11) is 0. The molecule has 0 bridgehead atoms. The molecule has 0 aliphatic carbocycles. The number of benzene rings is 2. The van der Waals surface area contributed by atoms with Crippen molar-refractivity contribution in [2.24, 2.45) is 0 Å². The fraction of sp³-hybridized carbons (Fsp3) is 0.320. The van der Waals surface area contributed by atoms with Crippen LogP contribution in [0.5, 0.6) is 0 Å². The van der Waals surface area contributed by atoms with E-state index in [1.54, 1.807) is 12.1 Å². The maximum Gasteiger partial charge on any atom is 0.339 e. The van der Waals surface area contributed by atoms with Crippen molar-refractivity contribution < 1.29 is 18.8 Å². The molecule has 0 fully saturated rings. The highest BCUT2D eigenvalue weighted by molar-refractivity contribution is 7.98. The van der Waals surface area contributed by atoms with Gasteiger partial charge in [0.15, 0.2) is 6.61 Å². The molecule has 168 valence electrons. The molecule has 0 aliphatic rings. The minimum absolute atomic E-state index is 0.314. The molecule has 3 rings (SSSR count). The van der Waals surface area contributed by atoms with Crippen molar-refractivity contribution in [3.63, 3.8) is 0 Å². The summed E-state index contributed by atoms with van der Waals surface area (Å²) in [5, 5.41) is 6.66. The molecular weight excluding hydrogens is 424 g/mol. The third-order valence-electron chi connectivity index (χ3n) is 4.87. The summed E-state index contributed by atoms with van der Waals surface area (Å²) in [6, 6.07) is 17.4. The average molecular weight is 453 g/mol. The summed E-state index contributed by atoms with van der Waals surface area (Å²) in [6.07, 6.45) is 0.721. The van der Waals surface area contributed by atoms with Crippen LogP contribution < -0.4 is 5.32 Å². The number of amides is 1. The van der Waals surface area contributed by atoms with Gasteiger partial charge < -0.3 is 14.6 Å². The Balaban J connectivity index is 1.44. The second-order valence-electron chi connectivity index (χ2n) is 7.79. The Morgan fingerprint density at radius 3 is 2.56 bits per heavy atom. The van der Waals surface area contributed by atoms with Gasteiger partial charge in [-0.1, -0.05) is 55.4 Å². The molecule has 1 aromatic heterocycles. The predicted molar refractivity (Wildman–Crippen MR) is 125 cm³/mol. The van der Waals surface area contributed by atoms with Crippen molar-refractivity contribution in [1.29, 1.82) is 0 Å². The summed E-state index contributed by atoms with van der Waals surface area (Å²) >= 11 is 1.46. The highest BCUT2D eigenvalue weighted by atomic mass is 32.2. The fourth-order valence-corrected chi connectivity index (χ4v) is 3.99. The number of esters is 1. The van der Waals surface area contributed by atoms with Gasteiger partial charge in [0.1, 0.15) is 5.76 Å². The first-order valence-electron chi connectivity index (χ1n) is 10.6. The van der Waals surface area contributed by atoms with Gasteiger partial charge in [-0.15, -0.1) is 11.8 Å². The highest BCUT2D eigenvalue weighted by Crippen LogP contribution is 2.27. The number of carbonyl (C=O) groups is 2. The van der Waals surface area contributed by atoms with Gasteiger partial charge in [-0.3, -0.25) is 4.79 Å². The molecule has 1 heterocycles. The van der Waals surface area contributed by atoms with Gasteiger partial charge in [-0.25, -0.2) is 4.79 Å². The summed E-state index contributed by atoms with van der Waals surface area (Å²) in [5.41, 5.74) is 3.68. The Labute approximate surface area is 192 Å².